The second kappa shape index (κ2) is 7.29. The van der Waals surface area contributed by atoms with E-state index in [9.17, 15) is 0 Å². The lowest BCUT2D eigenvalue weighted by molar-refractivity contribution is 0.00640. The van der Waals surface area contributed by atoms with Crippen LogP contribution < -0.4 is 10.6 Å². The number of anilines is 1. The molecule has 0 spiro atoms. The topological polar surface area (TPSA) is 91.4 Å². The molecule has 1 aromatic rings. The average molecular weight is 383 g/mol. The van der Waals surface area contributed by atoms with Crippen molar-refractivity contribution in [3.63, 3.8) is 0 Å². The first-order chi connectivity index (χ1) is 13.3. The van der Waals surface area contributed by atoms with Crippen LogP contribution in [0.25, 0.3) is 0 Å². The van der Waals surface area contributed by atoms with Crippen molar-refractivity contribution in [1.29, 1.82) is 5.41 Å². The van der Waals surface area contributed by atoms with Crippen molar-refractivity contribution in [3.8, 4) is 0 Å². The SMILES string of the molecule is C[C@H]1CN(c2cc(C(=N)C3=C(N)C=CC(OC4(C)CC4)C3)ncn2)CCN1C. The summed E-state index contributed by atoms with van der Waals surface area (Å²) in [6, 6.07) is 2.38. The van der Waals surface area contributed by atoms with Crippen LogP contribution in [0.15, 0.2) is 35.8 Å². The summed E-state index contributed by atoms with van der Waals surface area (Å²) < 4.78 is 6.18. The van der Waals surface area contributed by atoms with E-state index in [-0.39, 0.29) is 11.7 Å². The average Bonchev–Trinajstić information content (AvgIpc) is 3.42. The molecule has 3 N–H and O–H groups in total. The maximum absolute atomic E-state index is 8.73. The van der Waals surface area contributed by atoms with E-state index >= 15 is 0 Å². The van der Waals surface area contributed by atoms with Crippen molar-refractivity contribution >= 4 is 11.5 Å². The van der Waals surface area contributed by atoms with Crippen molar-refractivity contribution in [3.05, 3.63) is 41.5 Å². The summed E-state index contributed by atoms with van der Waals surface area (Å²) in [5.41, 5.74) is 8.60. The molecule has 2 heterocycles. The van der Waals surface area contributed by atoms with Crippen LogP contribution in [0.5, 0.6) is 0 Å². The van der Waals surface area contributed by atoms with Crippen molar-refractivity contribution in [1.82, 2.24) is 14.9 Å². The Kier molecular flexibility index (Phi) is 4.97. The fourth-order valence-electron chi connectivity index (χ4n) is 3.75. The Hall–Kier alpha value is -2.25. The van der Waals surface area contributed by atoms with Gasteiger partial charge in [-0.05, 0) is 39.8 Å². The third-order valence-electron chi connectivity index (χ3n) is 6.13. The highest BCUT2D eigenvalue weighted by atomic mass is 16.5. The van der Waals surface area contributed by atoms with Gasteiger partial charge in [0.15, 0.2) is 0 Å². The molecule has 1 aromatic heterocycles. The molecule has 28 heavy (non-hydrogen) atoms. The van der Waals surface area contributed by atoms with Gasteiger partial charge in [0.05, 0.1) is 23.1 Å². The normalized spacial score (nSPS) is 27.2. The largest absolute Gasteiger partial charge is 0.398 e. The minimum Gasteiger partial charge on any atom is -0.398 e. The van der Waals surface area contributed by atoms with Gasteiger partial charge in [-0.2, -0.15) is 0 Å². The van der Waals surface area contributed by atoms with Gasteiger partial charge in [0, 0.05) is 49.4 Å². The first-order valence-electron chi connectivity index (χ1n) is 10.1. The molecular weight excluding hydrogens is 352 g/mol. The van der Waals surface area contributed by atoms with Crippen molar-refractivity contribution < 1.29 is 4.74 Å². The van der Waals surface area contributed by atoms with E-state index in [1.54, 1.807) is 6.33 Å². The predicted molar refractivity (Wildman–Crippen MR) is 111 cm³/mol. The number of nitrogens with zero attached hydrogens (tertiary/aromatic N) is 4. The van der Waals surface area contributed by atoms with Crippen molar-refractivity contribution in [2.75, 3.05) is 31.6 Å². The summed E-state index contributed by atoms with van der Waals surface area (Å²) in [6.07, 6.45) is 8.21. The molecule has 4 rings (SSSR count). The molecule has 0 bridgehead atoms. The second-order valence-electron chi connectivity index (χ2n) is 8.52. The van der Waals surface area contributed by atoms with E-state index in [1.807, 2.05) is 18.2 Å². The molecule has 1 aliphatic heterocycles. The minimum absolute atomic E-state index is 0.00535. The first kappa shape index (κ1) is 19.1. The van der Waals surface area contributed by atoms with Gasteiger partial charge in [-0.3, -0.25) is 5.41 Å². The molecule has 0 amide bonds. The molecule has 7 nitrogen and oxygen atoms in total. The van der Waals surface area contributed by atoms with E-state index in [0.717, 1.165) is 43.9 Å². The molecule has 2 atom stereocenters. The van der Waals surface area contributed by atoms with Gasteiger partial charge in [-0.1, -0.05) is 6.08 Å². The number of nitrogens with one attached hydrogen (secondary N) is 1. The van der Waals surface area contributed by atoms with Gasteiger partial charge in [0.25, 0.3) is 0 Å². The number of aromatic nitrogens is 2. The highest BCUT2D eigenvalue weighted by Crippen LogP contribution is 2.41. The zero-order valence-electron chi connectivity index (χ0n) is 17.0. The Morgan fingerprint density at radius 3 is 2.82 bits per heavy atom. The molecule has 1 unspecified atom stereocenters. The summed E-state index contributed by atoms with van der Waals surface area (Å²) in [7, 11) is 2.15. The number of hydrogen-bond acceptors (Lipinski definition) is 7. The minimum atomic E-state index is -0.0325. The van der Waals surface area contributed by atoms with Gasteiger partial charge in [0.1, 0.15) is 12.1 Å². The van der Waals surface area contributed by atoms with Gasteiger partial charge >= 0.3 is 0 Å². The molecule has 7 heteroatoms. The molecule has 0 aromatic carbocycles. The quantitative estimate of drug-likeness (QED) is 0.758. The lowest BCUT2D eigenvalue weighted by atomic mass is 9.94. The van der Waals surface area contributed by atoms with Crippen LogP contribution in [0.4, 0.5) is 5.82 Å². The van der Waals surface area contributed by atoms with Crippen LogP contribution in [-0.4, -0.2) is 65.0 Å². The monoisotopic (exact) mass is 382 g/mol. The van der Waals surface area contributed by atoms with Crippen LogP contribution >= 0.6 is 0 Å². The lowest BCUT2D eigenvalue weighted by Gasteiger charge is -2.38. The van der Waals surface area contributed by atoms with E-state index in [0.29, 0.717) is 29.6 Å². The van der Waals surface area contributed by atoms with E-state index in [4.69, 9.17) is 15.9 Å². The number of allylic oxidation sites excluding steroid dienone is 1. The molecule has 2 fully saturated rings. The third-order valence-corrected chi connectivity index (χ3v) is 6.13. The van der Waals surface area contributed by atoms with Crippen molar-refractivity contribution in [2.24, 2.45) is 5.73 Å². The zero-order valence-corrected chi connectivity index (χ0v) is 17.0. The van der Waals surface area contributed by atoms with Crippen LogP contribution in [0.2, 0.25) is 0 Å². The van der Waals surface area contributed by atoms with Gasteiger partial charge in [0.2, 0.25) is 0 Å². The van der Waals surface area contributed by atoms with E-state index in [1.165, 1.54) is 0 Å². The predicted octanol–water partition coefficient (Wildman–Crippen LogP) is 2.10. The van der Waals surface area contributed by atoms with Crippen LogP contribution in [0.3, 0.4) is 0 Å². The Labute approximate surface area is 166 Å². The molecule has 1 saturated carbocycles. The van der Waals surface area contributed by atoms with Crippen LogP contribution in [0.1, 0.15) is 38.8 Å². The maximum Gasteiger partial charge on any atom is 0.132 e. The van der Waals surface area contributed by atoms with Crippen molar-refractivity contribution in [2.45, 2.75) is 50.9 Å². The van der Waals surface area contributed by atoms with Gasteiger partial charge in [-0.25, -0.2) is 9.97 Å². The van der Waals surface area contributed by atoms with Crippen LogP contribution in [-0.2, 0) is 4.74 Å². The molecule has 2 aliphatic carbocycles. The summed E-state index contributed by atoms with van der Waals surface area (Å²) in [4.78, 5) is 13.4. The molecule has 3 aliphatic rings. The number of likely N-dealkylation sites (N-methyl/N-ethyl adjacent to an activating group) is 1. The van der Waals surface area contributed by atoms with Gasteiger partial charge in [-0.15, -0.1) is 0 Å². The lowest BCUT2D eigenvalue weighted by Crippen LogP contribution is -2.50. The zero-order chi connectivity index (χ0) is 19.9. The molecular formula is C21H30N6O. The highest BCUT2D eigenvalue weighted by Gasteiger charge is 2.41. The standard InChI is InChI=1S/C21H30N6O/c1-14-12-27(9-8-26(14)3)19-11-18(24-13-25-19)20(23)16-10-15(4-5-17(16)22)28-21(2)6-7-21/h4-5,11,13-15,23H,6-10,12,22H2,1-3H3/t14-,15?/m0/s1. The number of hydrogen-bond donors (Lipinski definition) is 2. The van der Waals surface area contributed by atoms with Gasteiger partial charge < -0.3 is 20.3 Å². The second-order valence-corrected chi connectivity index (χ2v) is 8.52. The number of ether oxygens (including phenoxy) is 1. The van der Waals surface area contributed by atoms with E-state index < -0.39 is 0 Å². The summed E-state index contributed by atoms with van der Waals surface area (Å²) in [5.74, 6) is 0.874. The third kappa shape index (κ3) is 3.95. The highest BCUT2D eigenvalue weighted by molar-refractivity contribution is 6.10. The number of nitrogens with two attached hydrogens (primary N) is 1. The summed E-state index contributed by atoms with van der Waals surface area (Å²) >= 11 is 0. The summed E-state index contributed by atoms with van der Waals surface area (Å²) in [6.45, 7) is 7.20. The Bertz CT molecular complexity index is 828. The molecule has 1 saturated heterocycles. The van der Waals surface area contributed by atoms with Crippen LogP contribution in [0, 0.1) is 5.41 Å². The van der Waals surface area contributed by atoms with E-state index in [2.05, 4.69) is 40.7 Å². The number of rotatable bonds is 5. The maximum atomic E-state index is 8.73. The molecule has 0 radical (unpaired) electrons. The number of piperazine rings is 1. The first-order valence-corrected chi connectivity index (χ1v) is 10.1. The molecule has 150 valence electrons. The Balaban J connectivity index is 1.50. The fourth-order valence-corrected chi connectivity index (χ4v) is 3.75. The smallest absolute Gasteiger partial charge is 0.132 e. The summed E-state index contributed by atoms with van der Waals surface area (Å²) in [5, 5.41) is 8.73. The Morgan fingerprint density at radius 1 is 1.32 bits per heavy atom. The fraction of sp³-hybridized carbons (Fsp3) is 0.571. The Morgan fingerprint density at radius 2 is 2.11 bits per heavy atom.